The molecule has 0 spiro atoms. The zero-order chi connectivity index (χ0) is 7.98. The predicted molar refractivity (Wildman–Crippen MR) is 36.6 cm³/mol. The van der Waals surface area contributed by atoms with Crippen LogP contribution in [0, 0.1) is 0 Å². The highest BCUT2D eigenvalue weighted by molar-refractivity contribution is 6.19. The quantitative estimate of drug-likeness (QED) is 0.473. The molecule has 0 radical (unpaired) electrons. The lowest BCUT2D eigenvalue weighted by Gasteiger charge is -2.00. The van der Waals surface area contributed by atoms with Gasteiger partial charge >= 0.3 is 5.97 Å². The summed E-state index contributed by atoms with van der Waals surface area (Å²) < 4.78 is 16.4. The molecule has 0 aliphatic heterocycles. The lowest BCUT2D eigenvalue weighted by molar-refractivity contribution is -0.143. The van der Waals surface area contributed by atoms with Gasteiger partial charge in [0.05, 0.1) is 6.61 Å². The predicted octanol–water partition coefficient (Wildman–Crippen LogP) is 1.86. The van der Waals surface area contributed by atoms with Gasteiger partial charge in [0, 0.05) is 12.8 Å². The Labute approximate surface area is 64.3 Å². The first-order chi connectivity index (χ1) is 4.66. The average Bonchev–Trinajstić information content (AvgIpc) is 1.85. The maximum atomic E-state index is 11.9. The lowest BCUT2D eigenvalue weighted by Crippen LogP contribution is -2.05. The summed E-state index contributed by atoms with van der Waals surface area (Å²) in [5.74, 6) is -0.397. The van der Waals surface area contributed by atoms with E-state index in [2.05, 4.69) is 4.74 Å². The molecule has 0 aromatic rings. The van der Waals surface area contributed by atoms with Crippen molar-refractivity contribution in [3.63, 3.8) is 0 Å². The van der Waals surface area contributed by atoms with Crippen LogP contribution in [0.5, 0.6) is 0 Å². The minimum atomic E-state index is -1.44. The minimum absolute atomic E-state index is 0.0282. The van der Waals surface area contributed by atoms with Gasteiger partial charge in [-0.1, -0.05) is 11.6 Å². The lowest BCUT2D eigenvalue weighted by atomic mass is 10.3. The second-order valence-corrected chi connectivity index (χ2v) is 2.21. The van der Waals surface area contributed by atoms with E-state index in [9.17, 15) is 9.18 Å². The van der Waals surface area contributed by atoms with Crippen molar-refractivity contribution < 1.29 is 13.9 Å². The summed E-state index contributed by atoms with van der Waals surface area (Å²) in [5, 5.41) is 0. The van der Waals surface area contributed by atoms with E-state index in [4.69, 9.17) is 11.6 Å². The molecule has 0 saturated carbocycles. The number of esters is 1. The summed E-state index contributed by atoms with van der Waals surface area (Å²) in [5.41, 5.74) is -1.44. The Morgan fingerprint density at radius 1 is 1.80 bits per heavy atom. The SMILES string of the molecule is CCOC(=O)CCC(F)Cl. The normalized spacial score (nSPS) is 12.7. The second kappa shape index (κ2) is 5.47. The van der Waals surface area contributed by atoms with Gasteiger partial charge in [-0.15, -0.1) is 0 Å². The number of alkyl halides is 2. The molecule has 4 heteroatoms. The van der Waals surface area contributed by atoms with E-state index in [1.807, 2.05) is 0 Å². The Bertz CT molecular complexity index is 106. The molecule has 0 heterocycles. The summed E-state index contributed by atoms with van der Waals surface area (Å²) in [6.45, 7) is 2.03. The highest BCUT2D eigenvalue weighted by atomic mass is 35.5. The topological polar surface area (TPSA) is 26.3 Å². The summed E-state index contributed by atoms with van der Waals surface area (Å²) in [4.78, 5) is 10.5. The van der Waals surface area contributed by atoms with Crippen molar-refractivity contribution in [2.24, 2.45) is 0 Å². The molecule has 0 saturated heterocycles. The van der Waals surface area contributed by atoms with Gasteiger partial charge < -0.3 is 4.74 Å². The van der Waals surface area contributed by atoms with E-state index in [1.54, 1.807) is 6.92 Å². The standard InChI is InChI=1S/C6H10ClFO2/c1-2-10-6(9)4-3-5(7)8/h5H,2-4H2,1H3. The van der Waals surface area contributed by atoms with Crippen molar-refractivity contribution >= 4 is 17.6 Å². The molecule has 2 nitrogen and oxygen atoms in total. The van der Waals surface area contributed by atoms with Gasteiger partial charge in [-0.25, -0.2) is 4.39 Å². The molecular formula is C6H10ClFO2. The fourth-order valence-corrected chi connectivity index (χ4v) is 0.569. The Hall–Kier alpha value is -0.310. The molecule has 1 atom stereocenters. The fraction of sp³-hybridized carbons (Fsp3) is 0.833. The Balaban J connectivity index is 3.22. The zero-order valence-electron chi connectivity index (χ0n) is 5.77. The van der Waals surface area contributed by atoms with Gasteiger partial charge in [-0.05, 0) is 6.92 Å². The van der Waals surface area contributed by atoms with Gasteiger partial charge in [0.1, 0.15) is 0 Å². The first-order valence-electron chi connectivity index (χ1n) is 3.10. The van der Waals surface area contributed by atoms with E-state index < -0.39 is 11.6 Å². The van der Waals surface area contributed by atoms with Crippen LogP contribution >= 0.6 is 11.6 Å². The maximum Gasteiger partial charge on any atom is 0.305 e. The van der Waals surface area contributed by atoms with Crippen molar-refractivity contribution in [3.05, 3.63) is 0 Å². The van der Waals surface area contributed by atoms with Gasteiger partial charge in [-0.3, -0.25) is 4.79 Å². The highest BCUT2D eigenvalue weighted by Crippen LogP contribution is 2.06. The van der Waals surface area contributed by atoms with Gasteiger partial charge in [0.15, 0.2) is 5.63 Å². The third kappa shape index (κ3) is 5.82. The van der Waals surface area contributed by atoms with Crippen LogP contribution in [0.25, 0.3) is 0 Å². The van der Waals surface area contributed by atoms with E-state index in [-0.39, 0.29) is 12.8 Å². The van der Waals surface area contributed by atoms with Gasteiger partial charge in [0.25, 0.3) is 0 Å². The number of hydrogen-bond acceptors (Lipinski definition) is 2. The maximum absolute atomic E-state index is 11.9. The average molecular weight is 169 g/mol. The molecule has 0 fully saturated rings. The van der Waals surface area contributed by atoms with Crippen molar-refractivity contribution in [1.29, 1.82) is 0 Å². The summed E-state index contributed by atoms with van der Waals surface area (Å²) in [7, 11) is 0. The largest absolute Gasteiger partial charge is 0.466 e. The number of carbonyl (C=O) groups excluding carboxylic acids is 1. The van der Waals surface area contributed by atoms with Crippen molar-refractivity contribution in [2.45, 2.75) is 25.4 Å². The van der Waals surface area contributed by atoms with Crippen molar-refractivity contribution in [3.8, 4) is 0 Å². The highest BCUT2D eigenvalue weighted by Gasteiger charge is 2.06. The van der Waals surface area contributed by atoms with Crippen LogP contribution in [0.2, 0.25) is 0 Å². The van der Waals surface area contributed by atoms with Gasteiger partial charge in [0.2, 0.25) is 0 Å². The van der Waals surface area contributed by atoms with E-state index in [1.165, 1.54) is 0 Å². The Morgan fingerprint density at radius 2 is 2.40 bits per heavy atom. The van der Waals surface area contributed by atoms with E-state index in [0.29, 0.717) is 6.61 Å². The summed E-state index contributed by atoms with van der Waals surface area (Å²) in [6.07, 6.45) is 0.0822. The molecule has 0 aromatic heterocycles. The summed E-state index contributed by atoms with van der Waals surface area (Å²) in [6, 6.07) is 0. The molecule has 1 unspecified atom stereocenters. The first-order valence-corrected chi connectivity index (χ1v) is 3.54. The molecule has 10 heavy (non-hydrogen) atoms. The van der Waals surface area contributed by atoms with Crippen LogP contribution in [0.4, 0.5) is 4.39 Å². The smallest absolute Gasteiger partial charge is 0.305 e. The van der Waals surface area contributed by atoms with E-state index >= 15 is 0 Å². The van der Waals surface area contributed by atoms with Crippen LogP contribution in [0.1, 0.15) is 19.8 Å². The zero-order valence-corrected chi connectivity index (χ0v) is 6.53. The molecule has 0 aliphatic rings. The number of halogens is 2. The van der Waals surface area contributed by atoms with Crippen LogP contribution in [0.3, 0.4) is 0 Å². The minimum Gasteiger partial charge on any atom is -0.466 e. The van der Waals surface area contributed by atoms with Crippen LogP contribution < -0.4 is 0 Å². The molecular weight excluding hydrogens is 159 g/mol. The molecule has 0 amide bonds. The van der Waals surface area contributed by atoms with Crippen LogP contribution in [0.15, 0.2) is 0 Å². The fourth-order valence-electron chi connectivity index (χ4n) is 0.460. The molecule has 0 bridgehead atoms. The summed E-state index contributed by atoms with van der Waals surface area (Å²) >= 11 is 4.95. The second-order valence-electron chi connectivity index (χ2n) is 1.73. The number of ether oxygens (including phenoxy) is 1. The Kier molecular flexibility index (Phi) is 5.30. The Morgan fingerprint density at radius 3 is 2.80 bits per heavy atom. The molecule has 0 N–H and O–H groups in total. The molecule has 0 aliphatic carbocycles. The van der Waals surface area contributed by atoms with Crippen molar-refractivity contribution in [2.75, 3.05) is 6.61 Å². The monoisotopic (exact) mass is 168 g/mol. The van der Waals surface area contributed by atoms with Crippen LogP contribution in [-0.2, 0) is 9.53 Å². The van der Waals surface area contributed by atoms with Crippen molar-refractivity contribution in [1.82, 2.24) is 0 Å². The number of rotatable bonds is 4. The molecule has 0 rings (SSSR count). The number of hydrogen-bond donors (Lipinski definition) is 0. The third-order valence-corrected chi connectivity index (χ3v) is 1.09. The molecule has 0 aromatic carbocycles. The van der Waals surface area contributed by atoms with E-state index in [0.717, 1.165) is 0 Å². The third-order valence-electron chi connectivity index (χ3n) is 0.872. The number of carbonyl (C=O) groups is 1. The van der Waals surface area contributed by atoms with Crippen LogP contribution in [-0.4, -0.2) is 18.2 Å². The van der Waals surface area contributed by atoms with Gasteiger partial charge in [-0.2, -0.15) is 0 Å². The molecule has 60 valence electrons. The first kappa shape index (κ1) is 9.69.